The van der Waals surface area contributed by atoms with E-state index >= 15 is 0 Å². The van der Waals surface area contributed by atoms with Crippen LogP contribution in [0.5, 0.6) is 5.75 Å². The molecule has 1 unspecified atom stereocenters. The van der Waals surface area contributed by atoms with Gasteiger partial charge in [0.25, 0.3) is 0 Å². The van der Waals surface area contributed by atoms with Crippen molar-refractivity contribution in [3.05, 3.63) is 29.8 Å². The summed E-state index contributed by atoms with van der Waals surface area (Å²) in [5.41, 5.74) is 1.26. The lowest BCUT2D eigenvalue weighted by Gasteiger charge is -2.17. The molecular weight excluding hydrogens is 200 g/mol. The van der Waals surface area contributed by atoms with Crippen molar-refractivity contribution in [2.24, 2.45) is 0 Å². The molecule has 0 radical (unpaired) electrons. The van der Waals surface area contributed by atoms with E-state index in [2.05, 4.69) is 43.4 Å². The molecule has 0 fully saturated rings. The zero-order valence-corrected chi connectivity index (χ0v) is 10.7. The number of methoxy groups -OCH3 is 1. The molecule has 0 amide bonds. The summed E-state index contributed by atoms with van der Waals surface area (Å²) in [7, 11) is 5.86. The van der Waals surface area contributed by atoms with E-state index in [4.69, 9.17) is 4.74 Å². The van der Waals surface area contributed by atoms with Gasteiger partial charge < -0.3 is 15.0 Å². The minimum Gasteiger partial charge on any atom is -0.497 e. The molecule has 16 heavy (non-hydrogen) atoms. The molecule has 0 aliphatic carbocycles. The van der Waals surface area contributed by atoms with Crippen LogP contribution in [0, 0.1) is 0 Å². The summed E-state index contributed by atoms with van der Waals surface area (Å²) in [5, 5.41) is 3.48. The third-order valence-corrected chi connectivity index (χ3v) is 2.60. The van der Waals surface area contributed by atoms with Crippen LogP contribution in [0.1, 0.15) is 18.5 Å². The standard InChI is InChI=1S/C13H22N2O/c1-11(14-8-9-15(2)3)12-6-5-7-13(10-12)16-4/h5-7,10-11,14H,8-9H2,1-4H3. The molecule has 0 aliphatic heterocycles. The Bertz CT molecular complexity index is 313. The molecular formula is C13H22N2O. The van der Waals surface area contributed by atoms with Crippen LogP contribution in [-0.4, -0.2) is 39.2 Å². The Labute approximate surface area is 98.4 Å². The van der Waals surface area contributed by atoms with Crippen LogP contribution in [0.15, 0.2) is 24.3 Å². The predicted octanol–water partition coefficient (Wildman–Crippen LogP) is 1.91. The molecule has 3 heteroatoms. The quantitative estimate of drug-likeness (QED) is 0.795. The highest BCUT2D eigenvalue weighted by molar-refractivity contribution is 5.30. The van der Waals surface area contributed by atoms with Crippen LogP contribution in [0.25, 0.3) is 0 Å². The molecule has 0 heterocycles. The smallest absolute Gasteiger partial charge is 0.119 e. The summed E-state index contributed by atoms with van der Waals surface area (Å²) in [4.78, 5) is 2.17. The van der Waals surface area contributed by atoms with Gasteiger partial charge in [0, 0.05) is 19.1 Å². The van der Waals surface area contributed by atoms with Gasteiger partial charge in [-0.25, -0.2) is 0 Å². The third kappa shape index (κ3) is 4.21. The Morgan fingerprint density at radius 2 is 2.12 bits per heavy atom. The van der Waals surface area contributed by atoms with Crippen molar-refractivity contribution in [2.75, 3.05) is 34.3 Å². The maximum atomic E-state index is 5.21. The summed E-state index contributed by atoms with van der Waals surface area (Å²) in [5.74, 6) is 0.916. The molecule has 0 aromatic heterocycles. The van der Waals surface area contributed by atoms with Crippen LogP contribution in [0.2, 0.25) is 0 Å². The summed E-state index contributed by atoms with van der Waals surface area (Å²) in [6.45, 7) is 4.21. The number of ether oxygens (including phenoxy) is 1. The molecule has 1 rings (SSSR count). The van der Waals surface area contributed by atoms with Gasteiger partial charge in [-0.15, -0.1) is 0 Å². The summed E-state index contributed by atoms with van der Waals surface area (Å²) in [6, 6.07) is 8.55. The lowest BCUT2D eigenvalue weighted by atomic mass is 10.1. The highest BCUT2D eigenvalue weighted by Crippen LogP contribution is 2.18. The van der Waals surface area contributed by atoms with Gasteiger partial charge in [-0.1, -0.05) is 12.1 Å². The normalized spacial score (nSPS) is 12.8. The van der Waals surface area contributed by atoms with Gasteiger partial charge in [0.15, 0.2) is 0 Å². The van der Waals surface area contributed by atoms with Gasteiger partial charge in [0.05, 0.1) is 7.11 Å². The second-order valence-electron chi connectivity index (χ2n) is 4.26. The Morgan fingerprint density at radius 1 is 1.38 bits per heavy atom. The number of benzene rings is 1. The summed E-state index contributed by atoms with van der Waals surface area (Å²) in [6.07, 6.45) is 0. The van der Waals surface area contributed by atoms with Crippen LogP contribution in [-0.2, 0) is 0 Å². The average molecular weight is 222 g/mol. The molecule has 0 aliphatic rings. The first kappa shape index (κ1) is 13.0. The SMILES string of the molecule is COc1cccc(C(C)NCCN(C)C)c1. The average Bonchev–Trinajstić information content (AvgIpc) is 2.28. The van der Waals surface area contributed by atoms with Gasteiger partial charge in [-0.05, 0) is 38.7 Å². The molecule has 0 spiro atoms. The van der Waals surface area contributed by atoms with Crippen LogP contribution >= 0.6 is 0 Å². The monoisotopic (exact) mass is 222 g/mol. The number of nitrogens with zero attached hydrogens (tertiary/aromatic N) is 1. The molecule has 1 atom stereocenters. The van der Waals surface area contributed by atoms with E-state index in [-0.39, 0.29) is 0 Å². The molecule has 1 aromatic rings. The largest absolute Gasteiger partial charge is 0.497 e. The molecule has 3 nitrogen and oxygen atoms in total. The number of hydrogen-bond acceptors (Lipinski definition) is 3. The number of rotatable bonds is 6. The Hall–Kier alpha value is -1.06. The Morgan fingerprint density at radius 3 is 2.75 bits per heavy atom. The van der Waals surface area contributed by atoms with Gasteiger partial charge in [0.2, 0.25) is 0 Å². The van der Waals surface area contributed by atoms with Crippen molar-refractivity contribution < 1.29 is 4.74 Å². The molecule has 90 valence electrons. The van der Waals surface area contributed by atoms with E-state index in [1.807, 2.05) is 12.1 Å². The highest BCUT2D eigenvalue weighted by Gasteiger charge is 2.05. The van der Waals surface area contributed by atoms with E-state index in [0.29, 0.717) is 6.04 Å². The van der Waals surface area contributed by atoms with Crippen molar-refractivity contribution >= 4 is 0 Å². The summed E-state index contributed by atoms with van der Waals surface area (Å²) < 4.78 is 5.21. The third-order valence-electron chi connectivity index (χ3n) is 2.60. The first-order valence-electron chi connectivity index (χ1n) is 5.65. The highest BCUT2D eigenvalue weighted by atomic mass is 16.5. The fourth-order valence-corrected chi connectivity index (χ4v) is 1.53. The van der Waals surface area contributed by atoms with Gasteiger partial charge in [0.1, 0.15) is 5.75 Å². The van der Waals surface area contributed by atoms with Gasteiger partial charge in [-0.3, -0.25) is 0 Å². The van der Waals surface area contributed by atoms with E-state index in [0.717, 1.165) is 18.8 Å². The second kappa shape index (κ2) is 6.51. The topological polar surface area (TPSA) is 24.5 Å². The zero-order chi connectivity index (χ0) is 12.0. The number of nitrogens with one attached hydrogen (secondary N) is 1. The van der Waals surface area contributed by atoms with Crippen molar-refractivity contribution in [1.82, 2.24) is 10.2 Å². The Kier molecular flexibility index (Phi) is 5.29. The lowest BCUT2D eigenvalue weighted by Crippen LogP contribution is -2.28. The second-order valence-corrected chi connectivity index (χ2v) is 4.26. The van der Waals surface area contributed by atoms with Gasteiger partial charge in [-0.2, -0.15) is 0 Å². The minimum absolute atomic E-state index is 0.357. The van der Waals surface area contributed by atoms with Gasteiger partial charge >= 0.3 is 0 Å². The first-order chi connectivity index (χ1) is 7.63. The molecule has 0 saturated carbocycles. The van der Waals surface area contributed by atoms with Crippen LogP contribution < -0.4 is 10.1 Å². The van der Waals surface area contributed by atoms with Crippen molar-refractivity contribution in [3.8, 4) is 5.75 Å². The zero-order valence-electron chi connectivity index (χ0n) is 10.7. The summed E-state index contributed by atoms with van der Waals surface area (Å²) >= 11 is 0. The van der Waals surface area contributed by atoms with Crippen molar-refractivity contribution in [1.29, 1.82) is 0 Å². The van der Waals surface area contributed by atoms with E-state index in [9.17, 15) is 0 Å². The van der Waals surface area contributed by atoms with E-state index in [1.54, 1.807) is 7.11 Å². The van der Waals surface area contributed by atoms with E-state index < -0.39 is 0 Å². The van der Waals surface area contributed by atoms with Crippen LogP contribution in [0.4, 0.5) is 0 Å². The Balaban J connectivity index is 2.48. The fraction of sp³-hybridized carbons (Fsp3) is 0.538. The number of hydrogen-bond donors (Lipinski definition) is 1. The number of likely N-dealkylation sites (N-methyl/N-ethyl adjacent to an activating group) is 1. The molecule has 0 bridgehead atoms. The lowest BCUT2D eigenvalue weighted by molar-refractivity contribution is 0.388. The fourth-order valence-electron chi connectivity index (χ4n) is 1.53. The molecule has 1 N–H and O–H groups in total. The maximum absolute atomic E-state index is 5.21. The molecule has 0 saturated heterocycles. The minimum atomic E-state index is 0.357. The van der Waals surface area contributed by atoms with Crippen molar-refractivity contribution in [2.45, 2.75) is 13.0 Å². The van der Waals surface area contributed by atoms with Crippen molar-refractivity contribution in [3.63, 3.8) is 0 Å². The predicted molar refractivity (Wildman–Crippen MR) is 68.0 cm³/mol. The maximum Gasteiger partial charge on any atom is 0.119 e. The van der Waals surface area contributed by atoms with E-state index in [1.165, 1.54) is 5.56 Å². The van der Waals surface area contributed by atoms with Crippen LogP contribution in [0.3, 0.4) is 0 Å². The molecule has 1 aromatic carbocycles. The first-order valence-corrected chi connectivity index (χ1v) is 5.65.